The van der Waals surface area contributed by atoms with Gasteiger partial charge in [0.05, 0.1) is 37.8 Å². The van der Waals surface area contributed by atoms with Crippen molar-refractivity contribution < 1.29 is 4.74 Å². The summed E-state index contributed by atoms with van der Waals surface area (Å²) >= 11 is 0. The quantitative estimate of drug-likeness (QED) is 0.538. The molecule has 30 heavy (non-hydrogen) atoms. The number of pyridine rings is 1. The zero-order chi connectivity index (χ0) is 20.2. The molecule has 0 radical (unpaired) electrons. The van der Waals surface area contributed by atoms with Crippen LogP contribution in [0, 0.1) is 0 Å². The topological polar surface area (TPSA) is 71.9 Å². The molecular formula is C23H24N6O. The lowest BCUT2D eigenvalue weighted by atomic mass is 10.1. The van der Waals surface area contributed by atoms with Gasteiger partial charge in [0, 0.05) is 37.6 Å². The van der Waals surface area contributed by atoms with Gasteiger partial charge in [0.25, 0.3) is 0 Å². The number of benzene rings is 1. The van der Waals surface area contributed by atoms with E-state index in [1.165, 1.54) is 0 Å². The number of aromatic amines is 1. The number of rotatable bonds is 6. The van der Waals surface area contributed by atoms with Crippen molar-refractivity contribution in [2.75, 3.05) is 32.8 Å². The van der Waals surface area contributed by atoms with E-state index >= 15 is 0 Å². The highest BCUT2D eigenvalue weighted by molar-refractivity contribution is 5.68. The standard InChI is InChI=1S/C23H24N6O/c1-2-4-18(5-3-1)22-16-25-23(27-22)21-14-19(6-7-24-21)20-15-26-29(17-20)9-8-28-10-12-30-13-11-28/h1-7,14-17H,8-13H2,(H,25,27). The monoisotopic (exact) mass is 400 g/mol. The summed E-state index contributed by atoms with van der Waals surface area (Å²) in [6.07, 6.45) is 7.68. The normalized spacial score (nSPS) is 14.8. The van der Waals surface area contributed by atoms with E-state index in [9.17, 15) is 0 Å². The summed E-state index contributed by atoms with van der Waals surface area (Å²) in [6, 6.07) is 14.2. The largest absolute Gasteiger partial charge is 0.379 e. The average Bonchev–Trinajstić information content (AvgIpc) is 3.49. The molecule has 1 aromatic carbocycles. The Morgan fingerprint density at radius 1 is 0.900 bits per heavy atom. The molecule has 1 aliphatic heterocycles. The van der Waals surface area contributed by atoms with Gasteiger partial charge < -0.3 is 9.72 Å². The van der Waals surface area contributed by atoms with Gasteiger partial charge in [-0.15, -0.1) is 0 Å². The molecule has 1 aliphatic rings. The van der Waals surface area contributed by atoms with Gasteiger partial charge in [-0.2, -0.15) is 5.10 Å². The second-order valence-electron chi connectivity index (χ2n) is 7.39. The van der Waals surface area contributed by atoms with Crippen molar-refractivity contribution in [3.8, 4) is 33.9 Å². The molecule has 5 rings (SSSR count). The zero-order valence-electron chi connectivity index (χ0n) is 16.7. The van der Waals surface area contributed by atoms with Gasteiger partial charge in [0.1, 0.15) is 5.69 Å². The summed E-state index contributed by atoms with van der Waals surface area (Å²) in [5, 5.41) is 4.54. The smallest absolute Gasteiger partial charge is 0.156 e. The maximum atomic E-state index is 5.41. The Balaban J connectivity index is 1.31. The van der Waals surface area contributed by atoms with Crippen LogP contribution in [0.2, 0.25) is 0 Å². The maximum Gasteiger partial charge on any atom is 0.156 e. The number of nitrogens with zero attached hydrogens (tertiary/aromatic N) is 5. The molecule has 0 unspecified atom stereocenters. The second-order valence-corrected chi connectivity index (χ2v) is 7.39. The highest BCUT2D eigenvalue weighted by Crippen LogP contribution is 2.25. The molecule has 0 spiro atoms. The van der Waals surface area contributed by atoms with Crippen LogP contribution in [0.4, 0.5) is 0 Å². The number of nitrogens with one attached hydrogen (secondary N) is 1. The molecule has 1 N–H and O–H groups in total. The Morgan fingerprint density at radius 2 is 1.77 bits per heavy atom. The Kier molecular flexibility index (Phi) is 5.37. The van der Waals surface area contributed by atoms with Crippen molar-refractivity contribution in [3.05, 3.63) is 67.3 Å². The highest BCUT2D eigenvalue weighted by Gasteiger charge is 2.12. The van der Waals surface area contributed by atoms with E-state index in [0.29, 0.717) is 0 Å². The lowest BCUT2D eigenvalue weighted by Gasteiger charge is -2.26. The molecule has 152 valence electrons. The maximum absolute atomic E-state index is 5.41. The van der Waals surface area contributed by atoms with Gasteiger partial charge in [-0.05, 0) is 23.3 Å². The Hall–Kier alpha value is -3.29. The molecular weight excluding hydrogens is 376 g/mol. The van der Waals surface area contributed by atoms with E-state index in [-0.39, 0.29) is 0 Å². The SMILES string of the molecule is c1ccc(-c2cnc(-c3cc(-c4cnn(CCN5CCOCC5)c4)ccn3)[nH]2)cc1. The van der Waals surface area contributed by atoms with Crippen molar-refractivity contribution in [2.24, 2.45) is 0 Å². The lowest BCUT2D eigenvalue weighted by Crippen LogP contribution is -2.38. The molecule has 4 heterocycles. The lowest BCUT2D eigenvalue weighted by molar-refractivity contribution is 0.0360. The number of hydrogen-bond acceptors (Lipinski definition) is 5. The minimum atomic E-state index is 0.760. The fourth-order valence-electron chi connectivity index (χ4n) is 3.66. The van der Waals surface area contributed by atoms with Gasteiger partial charge >= 0.3 is 0 Å². The number of hydrogen-bond donors (Lipinski definition) is 1. The van der Waals surface area contributed by atoms with E-state index in [0.717, 1.165) is 73.3 Å². The Labute approximate surface area is 175 Å². The summed E-state index contributed by atoms with van der Waals surface area (Å²) < 4.78 is 7.42. The van der Waals surface area contributed by atoms with Crippen LogP contribution in [-0.2, 0) is 11.3 Å². The molecule has 7 heteroatoms. The third-order valence-corrected chi connectivity index (χ3v) is 5.38. The predicted octanol–water partition coefficient (Wildman–Crippen LogP) is 3.33. The summed E-state index contributed by atoms with van der Waals surface area (Å²) in [5.74, 6) is 0.760. The third-order valence-electron chi connectivity index (χ3n) is 5.38. The average molecular weight is 400 g/mol. The molecule has 0 atom stereocenters. The van der Waals surface area contributed by atoms with Crippen LogP contribution in [0.5, 0.6) is 0 Å². The Bertz CT molecular complexity index is 1100. The van der Waals surface area contributed by atoms with Crippen LogP contribution >= 0.6 is 0 Å². The van der Waals surface area contributed by atoms with E-state index in [2.05, 4.69) is 49.3 Å². The first-order valence-electron chi connectivity index (χ1n) is 10.2. The third kappa shape index (κ3) is 4.17. The van der Waals surface area contributed by atoms with Crippen LogP contribution in [0.3, 0.4) is 0 Å². The summed E-state index contributed by atoms with van der Waals surface area (Å²) in [5.41, 5.74) is 5.06. The predicted molar refractivity (Wildman–Crippen MR) is 116 cm³/mol. The fourth-order valence-corrected chi connectivity index (χ4v) is 3.66. The van der Waals surface area contributed by atoms with E-state index in [1.54, 1.807) is 0 Å². The highest BCUT2D eigenvalue weighted by atomic mass is 16.5. The minimum Gasteiger partial charge on any atom is -0.379 e. The van der Waals surface area contributed by atoms with Crippen LogP contribution in [-0.4, -0.2) is 62.5 Å². The zero-order valence-corrected chi connectivity index (χ0v) is 16.7. The van der Waals surface area contributed by atoms with Gasteiger partial charge in [-0.25, -0.2) is 4.98 Å². The molecule has 0 aliphatic carbocycles. The van der Waals surface area contributed by atoms with Crippen molar-refractivity contribution in [2.45, 2.75) is 6.54 Å². The van der Waals surface area contributed by atoms with Crippen molar-refractivity contribution in [1.82, 2.24) is 29.6 Å². The van der Waals surface area contributed by atoms with E-state index < -0.39 is 0 Å². The summed E-state index contributed by atoms with van der Waals surface area (Å²) in [4.78, 5) is 14.8. The summed E-state index contributed by atoms with van der Waals surface area (Å²) in [7, 11) is 0. The molecule has 3 aromatic heterocycles. The first-order valence-corrected chi connectivity index (χ1v) is 10.2. The van der Waals surface area contributed by atoms with E-state index in [1.807, 2.05) is 47.5 Å². The second kappa shape index (κ2) is 8.61. The molecule has 0 bridgehead atoms. The number of H-pyrrole nitrogens is 1. The molecule has 1 saturated heterocycles. The number of imidazole rings is 1. The minimum absolute atomic E-state index is 0.760. The van der Waals surface area contributed by atoms with Crippen molar-refractivity contribution >= 4 is 0 Å². The molecule has 0 amide bonds. The van der Waals surface area contributed by atoms with Crippen LogP contribution in [0.25, 0.3) is 33.9 Å². The van der Waals surface area contributed by atoms with E-state index in [4.69, 9.17) is 4.74 Å². The van der Waals surface area contributed by atoms with Crippen LogP contribution in [0.15, 0.2) is 67.3 Å². The van der Waals surface area contributed by atoms with Crippen molar-refractivity contribution in [1.29, 1.82) is 0 Å². The summed E-state index contributed by atoms with van der Waals surface area (Å²) in [6.45, 7) is 5.50. The Morgan fingerprint density at radius 3 is 2.63 bits per heavy atom. The van der Waals surface area contributed by atoms with Crippen LogP contribution < -0.4 is 0 Å². The van der Waals surface area contributed by atoms with Gasteiger partial charge in [0.2, 0.25) is 0 Å². The molecule has 7 nitrogen and oxygen atoms in total. The molecule has 1 fully saturated rings. The first-order chi connectivity index (χ1) is 14.8. The number of aromatic nitrogens is 5. The number of ether oxygens (including phenoxy) is 1. The number of morpholine rings is 1. The van der Waals surface area contributed by atoms with Crippen molar-refractivity contribution in [3.63, 3.8) is 0 Å². The van der Waals surface area contributed by atoms with Gasteiger partial charge in [0.15, 0.2) is 5.82 Å². The molecule has 0 saturated carbocycles. The van der Waals surface area contributed by atoms with Gasteiger partial charge in [-0.1, -0.05) is 30.3 Å². The first kappa shape index (κ1) is 18.7. The molecule has 4 aromatic rings. The fraction of sp³-hybridized carbons (Fsp3) is 0.261. The van der Waals surface area contributed by atoms with Gasteiger partial charge in [-0.3, -0.25) is 14.6 Å². The van der Waals surface area contributed by atoms with Crippen LogP contribution in [0.1, 0.15) is 0 Å².